The molecule has 0 saturated carbocycles. The van der Waals surface area contributed by atoms with Crippen LogP contribution in [0.5, 0.6) is 0 Å². The van der Waals surface area contributed by atoms with Gasteiger partial charge in [-0.25, -0.2) is 0 Å². The molecule has 0 aliphatic rings. The molecule has 1 heterocycles. The minimum atomic E-state index is -0.194. The van der Waals surface area contributed by atoms with Crippen LogP contribution >= 0.6 is 23.2 Å². The fourth-order valence-electron chi connectivity index (χ4n) is 2.61. The highest BCUT2D eigenvalue weighted by Crippen LogP contribution is 2.23. The topological polar surface area (TPSA) is 46.9 Å². The zero-order chi connectivity index (χ0) is 18.0. The Hall–Kier alpha value is -2.30. The van der Waals surface area contributed by atoms with Crippen LogP contribution in [0, 0.1) is 13.8 Å². The predicted molar refractivity (Wildman–Crippen MR) is 102 cm³/mol. The maximum atomic E-state index is 12.4. The van der Waals surface area contributed by atoms with E-state index < -0.39 is 0 Å². The van der Waals surface area contributed by atoms with E-state index in [1.165, 1.54) is 0 Å². The van der Waals surface area contributed by atoms with Gasteiger partial charge in [0.25, 0.3) is 5.91 Å². The van der Waals surface area contributed by atoms with Crippen LogP contribution < -0.4 is 5.32 Å². The Kier molecular flexibility index (Phi) is 5.11. The van der Waals surface area contributed by atoms with Crippen LogP contribution in [-0.2, 0) is 6.54 Å². The number of anilines is 1. The highest BCUT2D eigenvalue weighted by atomic mass is 35.5. The third-order valence-electron chi connectivity index (χ3n) is 4.00. The Balaban J connectivity index is 1.83. The number of carbonyl (C=O) groups excluding carboxylic acids is 1. The van der Waals surface area contributed by atoms with Gasteiger partial charge in [-0.2, -0.15) is 5.10 Å². The molecule has 0 unspecified atom stereocenters. The minimum absolute atomic E-state index is 0.194. The van der Waals surface area contributed by atoms with Crippen molar-refractivity contribution >= 4 is 34.8 Å². The summed E-state index contributed by atoms with van der Waals surface area (Å²) in [6, 6.07) is 14.4. The van der Waals surface area contributed by atoms with Gasteiger partial charge < -0.3 is 5.32 Å². The Labute approximate surface area is 156 Å². The third kappa shape index (κ3) is 3.86. The van der Waals surface area contributed by atoms with E-state index in [0.29, 0.717) is 27.8 Å². The lowest BCUT2D eigenvalue weighted by Crippen LogP contribution is -2.13. The number of nitrogens with one attached hydrogen (secondary N) is 1. The molecule has 2 aromatic carbocycles. The molecule has 1 N–H and O–H groups in total. The number of nitrogens with zero attached hydrogens (tertiary/aromatic N) is 2. The quantitative estimate of drug-likeness (QED) is 0.690. The van der Waals surface area contributed by atoms with Crippen LogP contribution in [0.3, 0.4) is 0 Å². The largest absolute Gasteiger partial charge is 0.319 e. The molecule has 0 saturated heterocycles. The summed E-state index contributed by atoms with van der Waals surface area (Å²) in [7, 11) is 0. The third-order valence-corrected chi connectivity index (χ3v) is 4.63. The summed E-state index contributed by atoms with van der Waals surface area (Å²) in [4.78, 5) is 12.4. The zero-order valence-corrected chi connectivity index (χ0v) is 15.4. The monoisotopic (exact) mass is 373 g/mol. The molecule has 25 heavy (non-hydrogen) atoms. The molecular weight excluding hydrogens is 357 g/mol. The van der Waals surface area contributed by atoms with E-state index in [4.69, 9.17) is 23.2 Å². The molecule has 3 aromatic rings. The Morgan fingerprint density at radius 1 is 1.08 bits per heavy atom. The van der Waals surface area contributed by atoms with Crippen LogP contribution in [-0.4, -0.2) is 15.7 Å². The smallest absolute Gasteiger partial charge is 0.255 e. The van der Waals surface area contributed by atoms with Crippen LogP contribution in [0.25, 0.3) is 0 Å². The maximum absolute atomic E-state index is 12.4. The first-order chi connectivity index (χ1) is 12.0. The van der Waals surface area contributed by atoms with E-state index in [-0.39, 0.29) is 5.91 Å². The number of aromatic nitrogens is 2. The Morgan fingerprint density at radius 3 is 2.44 bits per heavy atom. The fraction of sp³-hybridized carbons (Fsp3) is 0.158. The molecule has 3 rings (SSSR count). The van der Waals surface area contributed by atoms with E-state index in [0.717, 1.165) is 17.0 Å². The lowest BCUT2D eigenvalue weighted by Gasteiger charge is -2.08. The van der Waals surface area contributed by atoms with Gasteiger partial charge in [0.05, 0.1) is 23.6 Å². The van der Waals surface area contributed by atoms with Crippen molar-refractivity contribution < 1.29 is 4.79 Å². The number of aryl methyl sites for hydroxylation is 1. The fourth-order valence-corrected chi connectivity index (χ4v) is 2.93. The van der Waals surface area contributed by atoms with Crippen molar-refractivity contribution in [2.24, 2.45) is 0 Å². The molecule has 0 aliphatic heterocycles. The average Bonchev–Trinajstić information content (AvgIpc) is 2.85. The van der Waals surface area contributed by atoms with Crippen molar-refractivity contribution in [2.45, 2.75) is 20.4 Å². The molecule has 0 bridgehead atoms. The molecule has 0 atom stereocenters. The molecule has 0 radical (unpaired) electrons. The average molecular weight is 374 g/mol. The van der Waals surface area contributed by atoms with Crippen molar-refractivity contribution in [3.63, 3.8) is 0 Å². The Bertz CT molecular complexity index is 917. The molecule has 0 fully saturated rings. The summed E-state index contributed by atoms with van der Waals surface area (Å²) in [6.45, 7) is 4.34. The summed E-state index contributed by atoms with van der Waals surface area (Å²) in [5.74, 6) is -0.194. The molecular formula is C19H17Cl2N3O. The van der Waals surface area contributed by atoms with Crippen molar-refractivity contribution in [3.05, 3.63) is 81.1 Å². The second-order valence-electron chi connectivity index (χ2n) is 5.76. The number of rotatable bonds is 4. The summed E-state index contributed by atoms with van der Waals surface area (Å²) in [6.07, 6.45) is 0. The summed E-state index contributed by atoms with van der Waals surface area (Å²) in [5, 5.41) is 8.76. The van der Waals surface area contributed by atoms with Gasteiger partial charge in [-0.1, -0.05) is 41.4 Å². The van der Waals surface area contributed by atoms with Gasteiger partial charge in [-0.15, -0.1) is 0 Å². The molecule has 0 aliphatic carbocycles. The molecule has 1 amide bonds. The zero-order valence-electron chi connectivity index (χ0n) is 13.9. The number of carbonyl (C=O) groups is 1. The van der Waals surface area contributed by atoms with Crippen molar-refractivity contribution in [1.82, 2.24) is 9.78 Å². The molecule has 128 valence electrons. The maximum Gasteiger partial charge on any atom is 0.255 e. The first kappa shape index (κ1) is 17.5. The van der Waals surface area contributed by atoms with Gasteiger partial charge in [-0.05, 0) is 49.7 Å². The second kappa shape index (κ2) is 7.30. The standard InChI is InChI=1S/C19H17Cl2N3O/c1-12-18(22-19(25)14-7-9-16(20)10-8-14)13(2)24(23-12)11-15-5-3-4-6-17(15)21/h3-10H,11H2,1-2H3,(H,22,25). The lowest BCUT2D eigenvalue weighted by molar-refractivity contribution is 0.102. The van der Waals surface area contributed by atoms with E-state index in [1.54, 1.807) is 24.3 Å². The predicted octanol–water partition coefficient (Wildman–Crippen LogP) is 5.11. The number of amides is 1. The van der Waals surface area contributed by atoms with Gasteiger partial charge in [0.2, 0.25) is 0 Å². The second-order valence-corrected chi connectivity index (χ2v) is 6.60. The van der Waals surface area contributed by atoms with Crippen LogP contribution in [0.15, 0.2) is 48.5 Å². The molecule has 1 aromatic heterocycles. The first-order valence-corrected chi connectivity index (χ1v) is 8.55. The summed E-state index contributed by atoms with van der Waals surface area (Å²) >= 11 is 12.1. The van der Waals surface area contributed by atoms with Crippen LogP contribution in [0.1, 0.15) is 27.3 Å². The van der Waals surface area contributed by atoms with Gasteiger partial charge >= 0.3 is 0 Å². The van der Waals surface area contributed by atoms with E-state index >= 15 is 0 Å². The highest BCUT2D eigenvalue weighted by Gasteiger charge is 2.16. The van der Waals surface area contributed by atoms with Crippen molar-refractivity contribution in [3.8, 4) is 0 Å². The van der Waals surface area contributed by atoms with Gasteiger partial charge in [0.15, 0.2) is 0 Å². The summed E-state index contributed by atoms with van der Waals surface area (Å²) in [5.41, 5.74) is 3.87. The van der Waals surface area contributed by atoms with Crippen molar-refractivity contribution in [1.29, 1.82) is 0 Å². The molecule has 6 heteroatoms. The van der Waals surface area contributed by atoms with E-state index in [2.05, 4.69) is 10.4 Å². The Morgan fingerprint density at radius 2 is 1.76 bits per heavy atom. The number of hydrogen-bond acceptors (Lipinski definition) is 2. The van der Waals surface area contributed by atoms with Crippen LogP contribution in [0.4, 0.5) is 5.69 Å². The van der Waals surface area contributed by atoms with Gasteiger partial charge in [0, 0.05) is 15.6 Å². The van der Waals surface area contributed by atoms with E-state index in [1.807, 2.05) is 42.8 Å². The minimum Gasteiger partial charge on any atom is -0.319 e. The summed E-state index contributed by atoms with van der Waals surface area (Å²) < 4.78 is 1.84. The number of halogens is 2. The number of benzene rings is 2. The first-order valence-electron chi connectivity index (χ1n) is 7.80. The highest BCUT2D eigenvalue weighted by molar-refractivity contribution is 6.31. The van der Waals surface area contributed by atoms with Crippen molar-refractivity contribution in [2.75, 3.05) is 5.32 Å². The SMILES string of the molecule is Cc1nn(Cc2ccccc2Cl)c(C)c1NC(=O)c1ccc(Cl)cc1. The number of hydrogen-bond donors (Lipinski definition) is 1. The lowest BCUT2D eigenvalue weighted by atomic mass is 10.2. The van der Waals surface area contributed by atoms with Crippen LogP contribution in [0.2, 0.25) is 10.0 Å². The molecule has 4 nitrogen and oxygen atoms in total. The normalized spacial score (nSPS) is 10.7. The molecule has 0 spiro atoms. The van der Waals surface area contributed by atoms with Gasteiger partial charge in [-0.3, -0.25) is 9.48 Å². The van der Waals surface area contributed by atoms with E-state index in [9.17, 15) is 4.79 Å². The van der Waals surface area contributed by atoms with Gasteiger partial charge in [0.1, 0.15) is 0 Å².